The highest BCUT2D eigenvalue weighted by molar-refractivity contribution is 4.91. The molecular formula is C9H16O2. The number of allylic oxidation sites excluding steroid dienone is 1. The van der Waals surface area contributed by atoms with Crippen LogP contribution in [0.3, 0.4) is 0 Å². The molecular weight excluding hydrogens is 140 g/mol. The Hall–Kier alpha value is -0.340. The van der Waals surface area contributed by atoms with E-state index in [1.165, 1.54) is 0 Å². The Morgan fingerprint density at radius 2 is 2.36 bits per heavy atom. The zero-order valence-electron chi connectivity index (χ0n) is 6.99. The minimum absolute atomic E-state index is 0.0266. The van der Waals surface area contributed by atoms with Gasteiger partial charge in [0.2, 0.25) is 0 Å². The van der Waals surface area contributed by atoms with Crippen molar-refractivity contribution in [3.8, 4) is 0 Å². The van der Waals surface area contributed by atoms with Crippen LogP contribution in [0.15, 0.2) is 12.2 Å². The van der Waals surface area contributed by atoms with E-state index in [-0.39, 0.29) is 12.2 Å². The highest BCUT2D eigenvalue weighted by Gasteiger charge is 2.18. The lowest BCUT2D eigenvalue weighted by atomic mass is 10.1. The fourth-order valence-corrected chi connectivity index (χ4v) is 1.35. The van der Waals surface area contributed by atoms with E-state index < -0.39 is 0 Å². The molecule has 2 heteroatoms. The summed E-state index contributed by atoms with van der Waals surface area (Å²) in [6.07, 6.45) is 6.63. The summed E-state index contributed by atoms with van der Waals surface area (Å²) < 4.78 is 5.37. The Kier molecular flexibility index (Phi) is 3.60. The van der Waals surface area contributed by atoms with Gasteiger partial charge in [-0.05, 0) is 26.2 Å². The van der Waals surface area contributed by atoms with E-state index in [2.05, 4.69) is 12.2 Å². The summed E-state index contributed by atoms with van der Waals surface area (Å²) in [5.41, 5.74) is 0. The van der Waals surface area contributed by atoms with Gasteiger partial charge in [0.25, 0.3) is 0 Å². The molecule has 1 N–H and O–H groups in total. The smallest absolute Gasteiger partial charge is 0.0868 e. The molecule has 0 aromatic carbocycles. The molecule has 2 nitrogen and oxygen atoms in total. The van der Waals surface area contributed by atoms with Gasteiger partial charge in [0, 0.05) is 6.61 Å². The van der Waals surface area contributed by atoms with Crippen molar-refractivity contribution in [2.75, 3.05) is 6.61 Å². The van der Waals surface area contributed by atoms with Gasteiger partial charge in [-0.25, -0.2) is 0 Å². The van der Waals surface area contributed by atoms with Crippen LogP contribution in [0.2, 0.25) is 0 Å². The van der Waals surface area contributed by atoms with E-state index in [1.54, 1.807) is 0 Å². The Bertz CT molecular complexity index is 132. The largest absolute Gasteiger partial charge is 0.390 e. The number of hydrogen-bond donors (Lipinski definition) is 1. The van der Waals surface area contributed by atoms with E-state index in [0.29, 0.717) is 6.61 Å². The SMILES string of the molecule is CCO[C@H]1CC=CCC[C@@H]1O. The molecule has 64 valence electrons. The highest BCUT2D eigenvalue weighted by Crippen LogP contribution is 2.15. The van der Waals surface area contributed by atoms with Gasteiger partial charge in [-0.2, -0.15) is 0 Å². The van der Waals surface area contributed by atoms with Gasteiger partial charge in [0.1, 0.15) is 0 Å². The van der Waals surface area contributed by atoms with Crippen LogP contribution in [0.25, 0.3) is 0 Å². The molecule has 0 aromatic rings. The van der Waals surface area contributed by atoms with Crippen LogP contribution < -0.4 is 0 Å². The predicted octanol–water partition coefficient (Wildman–Crippen LogP) is 1.49. The van der Waals surface area contributed by atoms with E-state index in [0.717, 1.165) is 19.3 Å². The molecule has 0 saturated carbocycles. The minimum atomic E-state index is -0.273. The monoisotopic (exact) mass is 156 g/mol. The third-order valence-corrected chi connectivity index (χ3v) is 1.97. The Morgan fingerprint density at radius 1 is 1.55 bits per heavy atom. The summed E-state index contributed by atoms with van der Waals surface area (Å²) in [5, 5.41) is 9.52. The van der Waals surface area contributed by atoms with Gasteiger partial charge in [-0.3, -0.25) is 0 Å². The summed E-state index contributed by atoms with van der Waals surface area (Å²) in [6, 6.07) is 0. The van der Waals surface area contributed by atoms with E-state index in [4.69, 9.17) is 4.74 Å². The van der Waals surface area contributed by atoms with Crippen molar-refractivity contribution in [1.29, 1.82) is 0 Å². The first-order valence-electron chi connectivity index (χ1n) is 4.29. The predicted molar refractivity (Wildman–Crippen MR) is 44.4 cm³/mol. The molecule has 0 aromatic heterocycles. The molecule has 0 fully saturated rings. The quantitative estimate of drug-likeness (QED) is 0.614. The van der Waals surface area contributed by atoms with Crippen molar-refractivity contribution in [3.05, 3.63) is 12.2 Å². The Balaban J connectivity index is 2.39. The molecule has 2 atom stereocenters. The first-order valence-corrected chi connectivity index (χ1v) is 4.29. The molecule has 0 bridgehead atoms. The number of aliphatic hydroxyl groups excluding tert-OH is 1. The zero-order valence-corrected chi connectivity index (χ0v) is 6.99. The van der Waals surface area contributed by atoms with Crippen molar-refractivity contribution in [3.63, 3.8) is 0 Å². The fourth-order valence-electron chi connectivity index (χ4n) is 1.35. The van der Waals surface area contributed by atoms with Crippen molar-refractivity contribution in [2.45, 2.75) is 38.4 Å². The van der Waals surface area contributed by atoms with E-state index in [9.17, 15) is 5.11 Å². The van der Waals surface area contributed by atoms with E-state index in [1.807, 2.05) is 6.92 Å². The number of ether oxygens (including phenoxy) is 1. The standard InChI is InChI=1S/C9H16O2/c1-2-11-9-7-5-3-4-6-8(9)10/h3,5,8-10H,2,4,6-7H2,1H3/t8-,9-/m0/s1. The van der Waals surface area contributed by atoms with Gasteiger partial charge in [-0.15, -0.1) is 0 Å². The second-order valence-electron chi connectivity index (χ2n) is 2.85. The van der Waals surface area contributed by atoms with Crippen LogP contribution in [-0.4, -0.2) is 23.9 Å². The van der Waals surface area contributed by atoms with Crippen molar-refractivity contribution >= 4 is 0 Å². The molecule has 0 spiro atoms. The third-order valence-electron chi connectivity index (χ3n) is 1.97. The summed E-state index contributed by atoms with van der Waals surface area (Å²) in [5.74, 6) is 0. The normalized spacial score (nSPS) is 31.8. The maximum absolute atomic E-state index is 9.52. The molecule has 11 heavy (non-hydrogen) atoms. The lowest BCUT2D eigenvalue weighted by molar-refractivity contribution is -0.0314. The lowest BCUT2D eigenvalue weighted by Crippen LogP contribution is -2.27. The number of rotatable bonds is 2. The Labute approximate surface area is 67.9 Å². The van der Waals surface area contributed by atoms with Crippen LogP contribution >= 0.6 is 0 Å². The summed E-state index contributed by atoms with van der Waals surface area (Å²) in [4.78, 5) is 0. The average molecular weight is 156 g/mol. The molecule has 0 radical (unpaired) electrons. The second-order valence-corrected chi connectivity index (χ2v) is 2.85. The average Bonchev–Trinajstić information content (AvgIpc) is 2.18. The van der Waals surface area contributed by atoms with Gasteiger partial charge in [0.05, 0.1) is 12.2 Å². The number of aliphatic hydroxyl groups is 1. The van der Waals surface area contributed by atoms with Crippen LogP contribution in [0.1, 0.15) is 26.2 Å². The maximum Gasteiger partial charge on any atom is 0.0868 e. The van der Waals surface area contributed by atoms with Gasteiger partial charge >= 0.3 is 0 Å². The van der Waals surface area contributed by atoms with Crippen molar-refractivity contribution in [1.82, 2.24) is 0 Å². The number of hydrogen-bond acceptors (Lipinski definition) is 2. The Morgan fingerprint density at radius 3 is 3.09 bits per heavy atom. The van der Waals surface area contributed by atoms with Gasteiger partial charge in [-0.1, -0.05) is 12.2 Å². The molecule has 0 saturated heterocycles. The first-order chi connectivity index (χ1) is 5.34. The van der Waals surface area contributed by atoms with Crippen LogP contribution in [0.5, 0.6) is 0 Å². The molecule has 1 rings (SSSR count). The van der Waals surface area contributed by atoms with Crippen molar-refractivity contribution in [2.24, 2.45) is 0 Å². The summed E-state index contributed by atoms with van der Waals surface area (Å²) >= 11 is 0. The fraction of sp³-hybridized carbons (Fsp3) is 0.778. The van der Waals surface area contributed by atoms with Gasteiger partial charge < -0.3 is 9.84 Å². The highest BCUT2D eigenvalue weighted by atomic mass is 16.5. The van der Waals surface area contributed by atoms with E-state index >= 15 is 0 Å². The zero-order chi connectivity index (χ0) is 8.10. The van der Waals surface area contributed by atoms with Crippen molar-refractivity contribution < 1.29 is 9.84 Å². The van der Waals surface area contributed by atoms with Crippen LogP contribution in [0.4, 0.5) is 0 Å². The lowest BCUT2D eigenvalue weighted by Gasteiger charge is -2.19. The maximum atomic E-state index is 9.52. The molecule has 1 aliphatic carbocycles. The molecule has 1 aliphatic rings. The first kappa shape index (κ1) is 8.75. The minimum Gasteiger partial charge on any atom is -0.390 e. The summed E-state index contributed by atoms with van der Waals surface area (Å²) in [6.45, 7) is 2.65. The molecule has 0 heterocycles. The molecule has 0 amide bonds. The molecule has 0 aliphatic heterocycles. The molecule has 0 unspecified atom stereocenters. The van der Waals surface area contributed by atoms with Gasteiger partial charge in [0.15, 0.2) is 0 Å². The topological polar surface area (TPSA) is 29.5 Å². The van der Waals surface area contributed by atoms with Crippen LogP contribution in [-0.2, 0) is 4.74 Å². The second kappa shape index (κ2) is 4.52. The summed E-state index contributed by atoms with van der Waals surface area (Å²) in [7, 11) is 0. The van der Waals surface area contributed by atoms with Crippen LogP contribution in [0, 0.1) is 0 Å². The third kappa shape index (κ3) is 2.64.